The normalized spacial score (nSPS) is 10.2. The summed E-state index contributed by atoms with van der Waals surface area (Å²) in [5.74, 6) is 0.737. The minimum absolute atomic E-state index is 0.0766. The fourth-order valence-electron chi connectivity index (χ4n) is 1.53. The van der Waals surface area contributed by atoms with E-state index in [1.807, 2.05) is 0 Å². The third-order valence-corrected chi connectivity index (χ3v) is 3.74. The fourth-order valence-corrected chi connectivity index (χ4v) is 2.54. The number of ether oxygens (including phenoxy) is 1. The molecule has 9 heteroatoms. The molecule has 0 radical (unpaired) electrons. The van der Waals surface area contributed by atoms with E-state index in [-0.39, 0.29) is 20.3 Å². The van der Waals surface area contributed by atoms with Crippen LogP contribution < -0.4 is 4.74 Å². The predicted octanol–water partition coefficient (Wildman–Crippen LogP) is 4.82. The van der Waals surface area contributed by atoms with Crippen LogP contribution in [-0.2, 0) is 0 Å². The lowest BCUT2D eigenvalue weighted by molar-refractivity contribution is -0.385. The summed E-state index contributed by atoms with van der Waals surface area (Å²) in [7, 11) is 0. The van der Waals surface area contributed by atoms with Crippen molar-refractivity contribution in [2.24, 2.45) is 0 Å². The Bertz CT molecular complexity index is 674. The van der Waals surface area contributed by atoms with Gasteiger partial charge in [0, 0.05) is 24.3 Å². The summed E-state index contributed by atoms with van der Waals surface area (Å²) in [4.78, 5) is 20.4. The maximum Gasteiger partial charge on any atom is 0.283 e. The number of nitro groups is 2. The molecule has 2 rings (SSSR count). The van der Waals surface area contributed by atoms with Crippen LogP contribution in [0.15, 0.2) is 45.3 Å². The molecule has 0 spiro atoms. The zero-order chi connectivity index (χ0) is 15.6. The summed E-state index contributed by atoms with van der Waals surface area (Å²) in [6.07, 6.45) is 0. The van der Waals surface area contributed by atoms with Gasteiger partial charge in [-0.3, -0.25) is 20.2 Å². The van der Waals surface area contributed by atoms with Crippen molar-refractivity contribution in [3.8, 4) is 11.5 Å². The molecule has 0 bridgehead atoms. The summed E-state index contributed by atoms with van der Waals surface area (Å²) in [6, 6.07) is 8.40. The molecule has 0 unspecified atom stereocenters. The Balaban J connectivity index is 2.26. The number of benzene rings is 2. The molecule has 2 aromatic carbocycles. The highest BCUT2D eigenvalue weighted by atomic mass is 79.9. The lowest BCUT2D eigenvalue weighted by atomic mass is 10.3. The van der Waals surface area contributed by atoms with Crippen molar-refractivity contribution in [3.05, 3.63) is 65.6 Å². The lowest BCUT2D eigenvalue weighted by Crippen LogP contribution is -1.92. The lowest BCUT2D eigenvalue weighted by Gasteiger charge is -2.07. The van der Waals surface area contributed by atoms with E-state index in [0.29, 0.717) is 11.5 Å². The zero-order valence-corrected chi connectivity index (χ0v) is 13.3. The molecule has 0 heterocycles. The van der Waals surface area contributed by atoms with Crippen LogP contribution in [0.3, 0.4) is 0 Å². The van der Waals surface area contributed by atoms with E-state index in [9.17, 15) is 20.2 Å². The van der Waals surface area contributed by atoms with E-state index in [1.54, 1.807) is 0 Å². The number of rotatable bonds is 4. The summed E-state index contributed by atoms with van der Waals surface area (Å²) in [5.41, 5.74) is -0.153. The van der Waals surface area contributed by atoms with Crippen molar-refractivity contribution in [3.63, 3.8) is 0 Å². The molecule has 2 aromatic rings. The van der Waals surface area contributed by atoms with Gasteiger partial charge in [-0.2, -0.15) is 0 Å². The van der Waals surface area contributed by atoms with Gasteiger partial charge in [-0.05, 0) is 44.0 Å². The van der Waals surface area contributed by atoms with Gasteiger partial charge in [0.15, 0.2) is 0 Å². The van der Waals surface area contributed by atoms with Gasteiger partial charge in [-0.15, -0.1) is 0 Å². The minimum Gasteiger partial charge on any atom is -0.457 e. The van der Waals surface area contributed by atoms with Gasteiger partial charge in [0.25, 0.3) is 11.4 Å². The largest absolute Gasteiger partial charge is 0.457 e. The van der Waals surface area contributed by atoms with Gasteiger partial charge in [-0.25, -0.2) is 0 Å². The molecule has 0 atom stereocenters. The zero-order valence-electron chi connectivity index (χ0n) is 10.2. The van der Waals surface area contributed by atoms with Crippen LogP contribution in [0.1, 0.15) is 0 Å². The van der Waals surface area contributed by atoms with E-state index in [0.717, 1.165) is 0 Å². The molecule has 7 nitrogen and oxygen atoms in total. The third-order valence-electron chi connectivity index (χ3n) is 2.47. The summed E-state index contributed by atoms with van der Waals surface area (Å²) in [5, 5.41) is 21.4. The number of hydrogen-bond acceptors (Lipinski definition) is 5. The Hall–Kier alpha value is -2.00. The molecule has 0 aliphatic carbocycles. The molecule has 0 saturated heterocycles. The first-order chi connectivity index (χ1) is 9.88. The monoisotopic (exact) mass is 416 g/mol. The molecular formula is C12H6Br2N2O5. The van der Waals surface area contributed by atoms with E-state index >= 15 is 0 Å². The van der Waals surface area contributed by atoms with Crippen molar-refractivity contribution in [1.29, 1.82) is 0 Å². The first-order valence-electron chi connectivity index (χ1n) is 5.44. The van der Waals surface area contributed by atoms with Crippen LogP contribution in [0, 0.1) is 20.2 Å². The molecule has 21 heavy (non-hydrogen) atoms. The topological polar surface area (TPSA) is 95.5 Å². The highest BCUT2D eigenvalue weighted by Gasteiger charge is 2.15. The summed E-state index contributed by atoms with van der Waals surface area (Å²) < 4.78 is 6.07. The Kier molecular flexibility index (Phi) is 4.53. The highest BCUT2D eigenvalue weighted by molar-refractivity contribution is 9.11. The molecule has 0 N–H and O–H groups in total. The molecular weight excluding hydrogens is 412 g/mol. The average Bonchev–Trinajstić information content (AvgIpc) is 2.37. The standard InChI is InChI=1S/C12H6Br2N2O5/c13-9-5-7(1-3-11(9)15(17)18)21-8-2-4-12(16(19)20)10(14)6-8/h1-6H. The average molecular weight is 418 g/mol. The molecule has 108 valence electrons. The number of nitro benzene ring substituents is 2. The van der Waals surface area contributed by atoms with Gasteiger partial charge >= 0.3 is 0 Å². The van der Waals surface area contributed by atoms with Crippen LogP contribution >= 0.6 is 31.9 Å². The van der Waals surface area contributed by atoms with Gasteiger partial charge in [0.1, 0.15) is 11.5 Å². The van der Waals surface area contributed by atoms with Gasteiger partial charge < -0.3 is 4.74 Å². The van der Waals surface area contributed by atoms with Crippen LogP contribution in [0.25, 0.3) is 0 Å². The molecule has 0 amide bonds. The first kappa shape index (κ1) is 15.4. The second-order valence-corrected chi connectivity index (χ2v) is 5.55. The smallest absolute Gasteiger partial charge is 0.283 e. The Morgan fingerprint density at radius 1 is 0.810 bits per heavy atom. The van der Waals surface area contributed by atoms with E-state index in [2.05, 4.69) is 31.9 Å². The fraction of sp³-hybridized carbons (Fsp3) is 0. The Labute approximate surface area is 135 Å². The predicted molar refractivity (Wildman–Crippen MR) is 81.7 cm³/mol. The minimum atomic E-state index is -0.518. The van der Waals surface area contributed by atoms with Crippen molar-refractivity contribution in [1.82, 2.24) is 0 Å². The van der Waals surface area contributed by atoms with Crippen molar-refractivity contribution in [2.45, 2.75) is 0 Å². The Morgan fingerprint density at radius 2 is 1.19 bits per heavy atom. The number of nitrogens with zero attached hydrogens (tertiary/aromatic N) is 2. The van der Waals surface area contributed by atoms with Crippen molar-refractivity contribution >= 4 is 43.2 Å². The quantitative estimate of drug-likeness (QED) is 0.524. The molecule has 0 fully saturated rings. The number of hydrogen-bond donors (Lipinski definition) is 0. The van der Waals surface area contributed by atoms with Crippen molar-refractivity contribution < 1.29 is 14.6 Å². The van der Waals surface area contributed by atoms with Crippen LogP contribution in [-0.4, -0.2) is 9.85 Å². The Morgan fingerprint density at radius 3 is 1.48 bits per heavy atom. The second kappa shape index (κ2) is 6.19. The summed E-state index contributed by atoms with van der Waals surface area (Å²) in [6.45, 7) is 0. The second-order valence-electron chi connectivity index (χ2n) is 3.84. The number of halogens is 2. The molecule has 0 saturated carbocycles. The molecule has 0 aliphatic rings. The van der Waals surface area contributed by atoms with E-state index < -0.39 is 9.85 Å². The van der Waals surface area contributed by atoms with Crippen LogP contribution in [0.2, 0.25) is 0 Å². The van der Waals surface area contributed by atoms with Crippen LogP contribution in [0.4, 0.5) is 11.4 Å². The molecule has 0 aromatic heterocycles. The van der Waals surface area contributed by atoms with Gasteiger partial charge in [0.05, 0.1) is 18.8 Å². The summed E-state index contributed by atoms with van der Waals surface area (Å²) >= 11 is 6.17. The van der Waals surface area contributed by atoms with E-state index in [4.69, 9.17) is 4.74 Å². The molecule has 0 aliphatic heterocycles. The maximum atomic E-state index is 10.7. The highest BCUT2D eigenvalue weighted by Crippen LogP contribution is 2.34. The SMILES string of the molecule is O=[N+]([O-])c1ccc(Oc2ccc([N+](=O)[O-])c(Br)c2)cc1Br. The van der Waals surface area contributed by atoms with Gasteiger partial charge in [0.2, 0.25) is 0 Å². The van der Waals surface area contributed by atoms with Crippen molar-refractivity contribution in [2.75, 3.05) is 0 Å². The van der Waals surface area contributed by atoms with Gasteiger partial charge in [-0.1, -0.05) is 0 Å². The van der Waals surface area contributed by atoms with E-state index in [1.165, 1.54) is 36.4 Å². The first-order valence-corrected chi connectivity index (χ1v) is 7.03. The third kappa shape index (κ3) is 3.56. The maximum absolute atomic E-state index is 10.7. The van der Waals surface area contributed by atoms with Crippen LogP contribution in [0.5, 0.6) is 11.5 Å².